The van der Waals surface area contributed by atoms with Gasteiger partial charge in [-0.15, -0.1) is 0 Å². The molecule has 3 aliphatic rings. The second kappa shape index (κ2) is 7.56. The molecule has 0 spiro atoms. The molecule has 1 aromatic rings. The molecule has 0 radical (unpaired) electrons. The van der Waals surface area contributed by atoms with E-state index >= 15 is 0 Å². The second-order valence-electron chi connectivity index (χ2n) is 8.03. The fourth-order valence-electron chi connectivity index (χ4n) is 4.65. The maximum absolute atomic E-state index is 13.4. The molecule has 7 nitrogen and oxygen atoms in total. The molecule has 7 heteroatoms. The van der Waals surface area contributed by atoms with Crippen molar-refractivity contribution in [3.8, 4) is 11.5 Å². The number of nitrogens with zero attached hydrogens (tertiary/aromatic N) is 1. The first-order valence-electron chi connectivity index (χ1n) is 10.00. The highest BCUT2D eigenvalue weighted by molar-refractivity contribution is 6.16. The zero-order chi connectivity index (χ0) is 19.7. The van der Waals surface area contributed by atoms with Crippen LogP contribution in [0.4, 0.5) is 0 Å². The lowest BCUT2D eigenvalue weighted by Crippen LogP contribution is -2.61. The fourth-order valence-corrected chi connectivity index (χ4v) is 4.65. The first-order chi connectivity index (χ1) is 13.5. The molecule has 150 valence electrons. The highest BCUT2D eigenvalue weighted by Crippen LogP contribution is 2.38. The van der Waals surface area contributed by atoms with Gasteiger partial charge in [-0.25, -0.2) is 0 Å². The van der Waals surface area contributed by atoms with Crippen molar-refractivity contribution in [3.05, 3.63) is 36.3 Å². The van der Waals surface area contributed by atoms with E-state index in [1.54, 1.807) is 18.2 Å². The number of para-hydroxylation sites is 2. The topological polar surface area (TPSA) is 108 Å². The number of rotatable bonds is 5. The zero-order valence-electron chi connectivity index (χ0n) is 15.9. The predicted octanol–water partition coefficient (Wildman–Crippen LogP) is 1.71. The lowest BCUT2D eigenvalue weighted by Gasteiger charge is -2.38. The summed E-state index contributed by atoms with van der Waals surface area (Å²) in [5.41, 5.74) is 10.4. The van der Waals surface area contributed by atoms with Crippen molar-refractivity contribution in [2.45, 2.75) is 50.1 Å². The van der Waals surface area contributed by atoms with Gasteiger partial charge in [0.15, 0.2) is 17.0 Å². The first-order valence-corrected chi connectivity index (χ1v) is 10.00. The molecular weight excluding hydrogens is 358 g/mol. The molecule has 1 amide bonds. The number of carbonyl (C=O) groups is 2. The molecule has 1 atom stereocenters. The Morgan fingerprint density at radius 1 is 1.14 bits per heavy atom. The zero-order valence-corrected chi connectivity index (χ0v) is 15.9. The van der Waals surface area contributed by atoms with Gasteiger partial charge >= 0.3 is 0 Å². The predicted molar refractivity (Wildman–Crippen MR) is 103 cm³/mol. The van der Waals surface area contributed by atoms with Gasteiger partial charge in [0.2, 0.25) is 17.4 Å². The Hall–Kier alpha value is -2.38. The summed E-state index contributed by atoms with van der Waals surface area (Å²) in [5, 5.41) is 0. The quantitative estimate of drug-likeness (QED) is 0.747. The Balaban J connectivity index is 1.56. The number of Topliss-reactive ketones (excluding diaryl/α,β-unsaturated/α-hetero) is 1. The number of primary amides is 1. The number of hydrogen-bond donors (Lipinski definition) is 2. The molecule has 2 heterocycles. The van der Waals surface area contributed by atoms with Crippen LogP contribution in [0.2, 0.25) is 0 Å². The number of nitrogens with two attached hydrogens (primary N) is 2. The molecule has 2 aliphatic heterocycles. The van der Waals surface area contributed by atoms with E-state index in [0.717, 1.165) is 32.1 Å². The number of amides is 1. The van der Waals surface area contributed by atoms with E-state index in [1.165, 1.54) is 6.26 Å². The van der Waals surface area contributed by atoms with Crippen LogP contribution in [-0.4, -0.2) is 41.3 Å². The molecular formula is C21H27N3O4. The van der Waals surface area contributed by atoms with Gasteiger partial charge in [0.1, 0.15) is 6.26 Å². The van der Waals surface area contributed by atoms with E-state index in [-0.39, 0.29) is 11.8 Å². The summed E-state index contributed by atoms with van der Waals surface area (Å²) >= 11 is 0. The molecule has 1 aromatic carbocycles. The molecule has 1 aliphatic carbocycles. The van der Waals surface area contributed by atoms with Gasteiger partial charge < -0.3 is 20.9 Å². The van der Waals surface area contributed by atoms with E-state index in [4.69, 9.17) is 20.9 Å². The van der Waals surface area contributed by atoms with Crippen LogP contribution < -0.4 is 20.9 Å². The maximum atomic E-state index is 13.4. The summed E-state index contributed by atoms with van der Waals surface area (Å²) < 4.78 is 11.3. The Morgan fingerprint density at radius 2 is 1.86 bits per heavy atom. The third-order valence-electron chi connectivity index (χ3n) is 6.25. The van der Waals surface area contributed by atoms with Crippen LogP contribution >= 0.6 is 0 Å². The fraction of sp³-hybridized carbons (Fsp3) is 0.524. The number of benzene rings is 1. The van der Waals surface area contributed by atoms with Gasteiger partial charge in [-0.1, -0.05) is 12.1 Å². The number of hydrogen-bond acceptors (Lipinski definition) is 6. The first kappa shape index (κ1) is 19.0. The van der Waals surface area contributed by atoms with Crippen molar-refractivity contribution >= 4 is 11.7 Å². The van der Waals surface area contributed by atoms with Crippen LogP contribution in [0.1, 0.15) is 38.5 Å². The molecule has 1 saturated carbocycles. The minimum absolute atomic E-state index is 0.0232. The van der Waals surface area contributed by atoms with Gasteiger partial charge in [0, 0.05) is 12.6 Å². The van der Waals surface area contributed by atoms with Crippen LogP contribution in [0.15, 0.2) is 36.3 Å². The molecule has 0 bridgehead atoms. The van der Waals surface area contributed by atoms with Gasteiger partial charge in [0.05, 0.1) is 0 Å². The lowest BCUT2D eigenvalue weighted by molar-refractivity contribution is -0.141. The van der Waals surface area contributed by atoms with E-state index in [1.807, 2.05) is 11.0 Å². The maximum Gasteiger partial charge on any atom is 0.246 e. The van der Waals surface area contributed by atoms with Crippen molar-refractivity contribution in [2.24, 2.45) is 17.4 Å². The second-order valence-corrected chi connectivity index (χ2v) is 8.03. The molecule has 28 heavy (non-hydrogen) atoms. The van der Waals surface area contributed by atoms with Crippen LogP contribution in [0.3, 0.4) is 0 Å². The average molecular weight is 385 g/mol. The Labute approximate surface area is 164 Å². The summed E-state index contributed by atoms with van der Waals surface area (Å²) in [6.45, 7) is 1.34. The highest BCUT2D eigenvalue weighted by Gasteiger charge is 2.54. The van der Waals surface area contributed by atoms with E-state index in [0.29, 0.717) is 36.9 Å². The summed E-state index contributed by atoms with van der Waals surface area (Å²) in [4.78, 5) is 28.0. The van der Waals surface area contributed by atoms with Gasteiger partial charge in [-0.3, -0.25) is 14.5 Å². The number of ether oxygens (including phenoxy) is 2. The van der Waals surface area contributed by atoms with Crippen LogP contribution in [0.5, 0.6) is 11.5 Å². The molecule has 1 saturated heterocycles. The largest absolute Gasteiger partial charge is 0.457 e. The number of fused-ring (bicyclic) bond motifs is 1. The van der Waals surface area contributed by atoms with Gasteiger partial charge in [-0.05, 0) is 63.1 Å². The smallest absolute Gasteiger partial charge is 0.246 e. The Morgan fingerprint density at radius 3 is 2.57 bits per heavy atom. The van der Waals surface area contributed by atoms with Crippen molar-refractivity contribution in [2.75, 3.05) is 13.1 Å². The van der Waals surface area contributed by atoms with Crippen molar-refractivity contribution in [3.63, 3.8) is 0 Å². The van der Waals surface area contributed by atoms with Crippen molar-refractivity contribution in [1.29, 1.82) is 0 Å². The van der Waals surface area contributed by atoms with Crippen LogP contribution in [-0.2, 0) is 9.59 Å². The molecule has 0 unspecified atom stereocenters. The average Bonchev–Trinajstić information content (AvgIpc) is 3.13. The Kier molecular flexibility index (Phi) is 5.12. The molecule has 4 N–H and O–H groups in total. The third kappa shape index (κ3) is 3.29. The molecule has 2 fully saturated rings. The number of carbonyl (C=O) groups excluding carboxylic acids is 2. The number of likely N-dealkylation sites (tertiary alicyclic amines) is 1. The normalized spacial score (nSPS) is 30.0. The standard InChI is InChI=1S/C21H27N3O4/c22-15-8-6-14(7-9-15)12-24-11-3-10-21(24,20(23)26)19(25)18-13-27-16-4-1-2-5-17(16)28-18/h1-2,4-5,13-15H,3,6-12,22H2,(H2,23,26)/t14?,15?,21-/m1/s1. The van der Waals surface area contributed by atoms with Crippen LogP contribution in [0.25, 0.3) is 0 Å². The summed E-state index contributed by atoms with van der Waals surface area (Å²) in [6, 6.07) is 7.37. The Bertz CT molecular complexity index is 801. The minimum Gasteiger partial charge on any atom is -0.457 e. The minimum atomic E-state index is -1.37. The molecule has 0 aromatic heterocycles. The van der Waals surface area contributed by atoms with Crippen molar-refractivity contribution in [1.82, 2.24) is 4.90 Å². The summed E-state index contributed by atoms with van der Waals surface area (Å²) in [7, 11) is 0. The summed E-state index contributed by atoms with van der Waals surface area (Å²) in [5.74, 6) is 0.399. The monoisotopic (exact) mass is 385 g/mol. The van der Waals surface area contributed by atoms with E-state index < -0.39 is 17.2 Å². The van der Waals surface area contributed by atoms with Gasteiger partial charge in [-0.2, -0.15) is 0 Å². The molecule has 4 rings (SSSR count). The van der Waals surface area contributed by atoms with E-state index in [9.17, 15) is 9.59 Å². The van der Waals surface area contributed by atoms with Gasteiger partial charge in [0.25, 0.3) is 0 Å². The number of ketones is 1. The van der Waals surface area contributed by atoms with E-state index in [2.05, 4.69) is 0 Å². The van der Waals surface area contributed by atoms with Crippen LogP contribution in [0, 0.1) is 5.92 Å². The SMILES string of the molecule is NC(=O)[C@]1(C(=O)C2=COc3ccccc3O2)CCCN1CC1CCC(N)CC1. The highest BCUT2D eigenvalue weighted by atomic mass is 16.6. The third-order valence-corrected chi connectivity index (χ3v) is 6.25. The lowest BCUT2D eigenvalue weighted by atomic mass is 9.83. The summed E-state index contributed by atoms with van der Waals surface area (Å²) in [6.07, 6.45) is 6.41. The van der Waals surface area contributed by atoms with Crippen molar-refractivity contribution < 1.29 is 19.1 Å².